The molecule has 0 spiro atoms. The summed E-state index contributed by atoms with van der Waals surface area (Å²) < 4.78 is 29.8. The van der Waals surface area contributed by atoms with Crippen LogP contribution < -0.4 is 10.0 Å². The molecule has 0 unspecified atom stereocenters. The van der Waals surface area contributed by atoms with Gasteiger partial charge in [0.15, 0.2) is 4.77 Å². The van der Waals surface area contributed by atoms with Gasteiger partial charge in [0, 0.05) is 33.0 Å². The predicted molar refractivity (Wildman–Crippen MR) is 106 cm³/mol. The number of sulfonamides is 1. The van der Waals surface area contributed by atoms with Crippen molar-refractivity contribution < 1.29 is 13.2 Å². The third-order valence-corrected chi connectivity index (χ3v) is 6.29. The molecular formula is C17H25N5O3S2. The van der Waals surface area contributed by atoms with Crippen LogP contribution in [0.3, 0.4) is 0 Å². The summed E-state index contributed by atoms with van der Waals surface area (Å²) in [6.07, 6.45) is 0.588. The number of rotatable bonds is 8. The Kier molecular flexibility index (Phi) is 6.90. The van der Waals surface area contributed by atoms with Gasteiger partial charge in [-0.3, -0.25) is 9.89 Å². The van der Waals surface area contributed by atoms with E-state index in [4.69, 9.17) is 12.2 Å². The topological polar surface area (TPSA) is 109 Å². The molecule has 1 amide bonds. The number of nitrogens with one attached hydrogen (secondary N) is 3. The summed E-state index contributed by atoms with van der Waals surface area (Å²) in [6, 6.07) is 3.66. The molecule has 0 saturated heterocycles. The molecule has 0 radical (unpaired) electrons. The third-order valence-electron chi connectivity index (χ3n) is 4.16. The fourth-order valence-electron chi connectivity index (χ4n) is 2.97. The molecule has 2 aromatic rings. The van der Waals surface area contributed by atoms with E-state index in [1.54, 1.807) is 25.5 Å². The number of carbonyl (C=O) groups is 1. The van der Waals surface area contributed by atoms with Crippen molar-refractivity contribution in [3.63, 3.8) is 0 Å². The van der Waals surface area contributed by atoms with Gasteiger partial charge in [0.2, 0.25) is 15.9 Å². The van der Waals surface area contributed by atoms with Gasteiger partial charge >= 0.3 is 0 Å². The molecule has 0 atom stereocenters. The Morgan fingerprint density at radius 3 is 2.41 bits per heavy atom. The molecule has 1 aromatic carbocycles. The summed E-state index contributed by atoms with van der Waals surface area (Å²) in [6.45, 7) is 5.89. The third kappa shape index (κ3) is 5.47. The fourth-order valence-corrected chi connectivity index (χ4v) is 4.60. The number of hydrogen-bond donors (Lipinski definition) is 3. The Labute approximate surface area is 164 Å². The smallest absolute Gasteiger partial charge is 0.241 e. The second-order valence-electron chi connectivity index (χ2n) is 6.48. The number of carbonyl (C=O) groups excluding carboxylic acids is 1. The highest BCUT2D eigenvalue weighted by Crippen LogP contribution is 2.21. The molecule has 0 aliphatic heterocycles. The molecule has 2 rings (SSSR count). The van der Waals surface area contributed by atoms with Gasteiger partial charge in [-0.25, -0.2) is 13.1 Å². The zero-order valence-electron chi connectivity index (χ0n) is 15.9. The first-order valence-corrected chi connectivity index (χ1v) is 10.5. The monoisotopic (exact) mass is 411 g/mol. The van der Waals surface area contributed by atoms with E-state index in [0.29, 0.717) is 28.9 Å². The molecule has 8 nitrogen and oxygen atoms in total. The highest BCUT2D eigenvalue weighted by atomic mass is 32.2. The van der Waals surface area contributed by atoms with E-state index in [1.165, 1.54) is 0 Å². The van der Waals surface area contributed by atoms with E-state index in [9.17, 15) is 13.2 Å². The number of amides is 1. The lowest BCUT2D eigenvalue weighted by molar-refractivity contribution is -0.120. The fraction of sp³-hybridized carbons (Fsp3) is 0.471. The Hall–Kier alpha value is -2.04. The number of aryl methyl sites for hydroxylation is 3. The van der Waals surface area contributed by atoms with Crippen molar-refractivity contribution in [1.29, 1.82) is 0 Å². The average molecular weight is 412 g/mol. The maximum absolute atomic E-state index is 12.5. The van der Waals surface area contributed by atoms with E-state index in [2.05, 4.69) is 20.2 Å². The largest absolute Gasteiger partial charge is 0.356 e. The Bertz CT molecular complexity index is 969. The summed E-state index contributed by atoms with van der Waals surface area (Å²) in [4.78, 5) is 12.2. The van der Waals surface area contributed by atoms with Gasteiger partial charge in [-0.15, -0.1) is 0 Å². The molecule has 0 fully saturated rings. The van der Waals surface area contributed by atoms with Crippen molar-refractivity contribution in [3.05, 3.63) is 39.4 Å². The summed E-state index contributed by atoms with van der Waals surface area (Å²) in [7, 11) is -1.86. The quantitative estimate of drug-likeness (QED) is 0.570. The molecule has 1 heterocycles. The summed E-state index contributed by atoms with van der Waals surface area (Å²) in [5, 5.41) is 9.49. The average Bonchev–Trinajstić information content (AvgIpc) is 2.85. The second kappa shape index (κ2) is 8.77. The van der Waals surface area contributed by atoms with E-state index in [-0.39, 0.29) is 23.8 Å². The van der Waals surface area contributed by atoms with Crippen molar-refractivity contribution in [1.82, 2.24) is 24.8 Å². The molecule has 1 aromatic heterocycles. The highest BCUT2D eigenvalue weighted by Gasteiger charge is 2.19. The number of aromatic nitrogens is 3. The van der Waals surface area contributed by atoms with Crippen LogP contribution in [-0.4, -0.2) is 42.2 Å². The van der Waals surface area contributed by atoms with Crippen LogP contribution in [-0.2, 0) is 28.3 Å². The summed E-state index contributed by atoms with van der Waals surface area (Å²) in [5.74, 6) is 0.512. The minimum atomic E-state index is -3.66. The number of aromatic amines is 1. The minimum Gasteiger partial charge on any atom is -0.356 e. The second-order valence-corrected chi connectivity index (χ2v) is 8.57. The van der Waals surface area contributed by atoms with Crippen LogP contribution in [0.25, 0.3) is 0 Å². The molecule has 0 bridgehead atoms. The molecule has 0 aliphatic carbocycles. The lowest BCUT2D eigenvalue weighted by Crippen LogP contribution is -2.32. The minimum absolute atomic E-state index is 0.0351. The van der Waals surface area contributed by atoms with Crippen LogP contribution in [0.2, 0.25) is 0 Å². The van der Waals surface area contributed by atoms with E-state index in [0.717, 1.165) is 11.4 Å². The van der Waals surface area contributed by atoms with Crippen LogP contribution in [0.15, 0.2) is 17.0 Å². The predicted octanol–water partition coefficient (Wildman–Crippen LogP) is 1.43. The molecule has 148 valence electrons. The number of nitrogens with zero attached hydrogens (tertiary/aromatic N) is 2. The lowest BCUT2D eigenvalue weighted by Gasteiger charge is -2.13. The highest BCUT2D eigenvalue weighted by molar-refractivity contribution is 7.89. The molecule has 0 saturated carbocycles. The number of benzene rings is 1. The van der Waals surface area contributed by atoms with Gasteiger partial charge in [0.05, 0.1) is 4.90 Å². The molecular weight excluding hydrogens is 386 g/mol. The van der Waals surface area contributed by atoms with Gasteiger partial charge in [-0.05, 0) is 44.1 Å². The standard InChI is InChI=1S/C17H25N5O3S2/c1-11-9-12(2)16(13(3)10-11)27(24,25)19-8-6-15(23)18-7-5-14-20-21-17(26)22(14)4/h9-10,19H,5-8H2,1-4H3,(H,18,23)(H,21,26). The van der Waals surface area contributed by atoms with Crippen LogP contribution in [0.1, 0.15) is 28.9 Å². The zero-order chi connectivity index (χ0) is 20.2. The molecule has 3 N–H and O–H groups in total. The van der Waals surface area contributed by atoms with Crippen molar-refractivity contribution in [2.75, 3.05) is 13.1 Å². The van der Waals surface area contributed by atoms with Crippen molar-refractivity contribution in [3.8, 4) is 0 Å². The van der Waals surface area contributed by atoms with Crippen LogP contribution in [0, 0.1) is 25.5 Å². The summed E-state index contributed by atoms with van der Waals surface area (Å²) in [5.41, 5.74) is 2.40. The van der Waals surface area contributed by atoms with Gasteiger partial charge in [0.25, 0.3) is 0 Å². The van der Waals surface area contributed by atoms with E-state index >= 15 is 0 Å². The first-order valence-electron chi connectivity index (χ1n) is 8.56. The van der Waals surface area contributed by atoms with Crippen LogP contribution >= 0.6 is 12.2 Å². The first kappa shape index (κ1) is 21.3. The normalized spacial score (nSPS) is 11.6. The van der Waals surface area contributed by atoms with Crippen LogP contribution in [0.4, 0.5) is 0 Å². The summed E-state index contributed by atoms with van der Waals surface area (Å²) >= 11 is 5.03. The molecule has 27 heavy (non-hydrogen) atoms. The van der Waals surface area contributed by atoms with Gasteiger partial charge < -0.3 is 9.88 Å². The number of hydrogen-bond acceptors (Lipinski definition) is 5. The lowest BCUT2D eigenvalue weighted by atomic mass is 10.1. The Morgan fingerprint density at radius 2 is 1.85 bits per heavy atom. The van der Waals surface area contributed by atoms with Gasteiger partial charge in [-0.2, -0.15) is 5.10 Å². The van der Waals surface area contributed by atoms with Crippen molar-refractivity contribution in [2.24, 2.45) is 7.05 Å². The van der Waals surface area contributed by atoms with E-state index in [1.807, 2.05) is 19.1 Å². The van der Waals surface area contributed by atoms with Crippen molar-refractivity contribution in [2.45, 2.75) is 38.5 Å². The SMILES string of the molecule is Cc1cc(C)c(S(=O)(=O)NCCC(=O)NCCc2n[nH]c(=S)n2C)c(C)c1. The van der Waals surface area contributed by atoms with Gasteiger partial charge in [0.1, 0.15) is 5.82 Å². The Balaban J connectivity index is 1.84. The first-order chi connectivity index (χ1) is 12.6. The zero-order valence-corrected chi connectivity index (χ0v) is 17.6. The Morgan fingerprint density at radius 1 is 1.22 bits per heavy atom. The van der Waals surface area contributed by atoms with E-state index < -0.39 is 10.0 Å². The number of H-pyrrole nitrogens is 1. The maximum Gasteiger partial charge on any atom is 0.241 e. The van der Waals surface area contributed by atoms with Crippen LogP contribution in [0.5, 0.6) is 0 Å². The molecule has 0 aliphatic rings. The maximum atomic E-state index is 12.5. The molecule has 10 heteroatoms. The van der Waals surface area contributed by atoms with Gasteiger partial charge in [-0.1, -0.05) is 17.7 Å². The van der Waals surface area contributed by atoms with Crippen molar-refractivity contribution >= 4 is 28.1 Å².